The highest BCUT2D eigenvalue weighted by Gasteiger charge is 2.29. The van der Waals surface area contributed by atoms with Crippen LogP contribution in [0.25, 0.3) is 0 Å². The smallest absolute Gasteiger partial charge is 0.265 e. The lowest BCUT2D eigenvalue weighted by Gasteiger charge is -2.35. The van der Waals surface area contributed by atoms with Crippen LogP contribution in [-0.2, 0) is 0 Å². The second-order valence-corrected chi connectivity index (χ2v) is 7.47. The summed E-state index contributed by atoms with van der Waals surface area (Å²) in [6, 6.07) is 6.03. The molecule has 2 aromatic rings. The summed E-state index contributed by atoms with van der Waals surface area (Å²) >= 11 is 6.17. The van der Waals surface area contributed by atoms with Gasteiger partial charge in [-0.3, -0.25) is 9.59 Å². The SMILES string of the molecule is Cc1cc(O)c([C@H](N)C2CCN(C(=O)c3c[nH]c(=O)c(C#N)c3)CC2)cc1Cl. The minimum atomic E-state index is -0.514. The lowest BCUT2D eigenvalue weighted by Crippen LogP contribution is -2.41. The van der Waals surface area contributed by atoms with Gasteiger partial charge >= 0.3 is 0 Å². The summed E-state index contributed by atoms with van der Waals surface area (Å²) in [5.41, 5.74) is 7.45. The largest absolute Gasteiger partial charge is 0.508 e. The van der Waals surface area contributed by atoms with Crippen molar-refractivity contribution in [3.8, 4) is 11.8 Å². The summed E-state index contributed by atoms with van der Waals surface area (Å²) in [7, 11) is 0. The highest BCUT2D eigenvalue weighted by Crippen LogP contribution is 2.36. The Kier molecular flexibility index (Phi) is 5.73. The number of amides is 1. The average Bonchev–Trinajstić information content (AvgIpc) is 2.70. The predicted octanol–water partition coefficient (Wildman–Crippen LogP) is 2.47. The molecule has 0 unspecified atom stereocenters. The third-order valence-corrected chi connectivity index (χ3v) is 5.68. The van der Waals surface area contributed by atoms with Crippen molar-refractivity contribution in [3.63, 3.8) is 0 Å². The molecule has 0 aliphatic carbocycles. The van der Waals surface area contributed by atoms with E-state index in [1.54, 1.807) is 23.1 Å². The van der Waals surface area contributed by atoms with Gasteiger partial charge in [-0.1, -0.05) is 11.6 Å². The highest BCUT2D eigenvalue weighted by atomic mass is 35.5. The number of phenols is 1. The number of nitrogens with two attached hydrogens (primary N) is 1. The molecular formula is C20H21ClN4O3. The van der Waals surface area contributed by atoms with Gasteiger partial charge in [0, 0.05) is 35.9 Å². The summed E-state index contributed by atoms with van der Waals surface area (Å²) in [6.07, 6.45) is 2.67. The van der Waals surface area contributed by atoms with Gasteiger partial charge in [0.1, 0.15) is 17.4 Å². The number of aromatic nitrogens is 1. The Bertz CT molecular complexity index is 1000. The molecule has 0 saturated carbocycles. The maximum atomic E-state index is 12.7. The van der Waals surface area contributed by atoms with Gasteiger partial charge in [-0.25, -0.2) is 0 Å². The first-order valence-electron chi connectivity index (χ1n) is 8.98. The van der Waals surface area contributed by atoms with Crippen molar-refractivity contribution in [2.24, 2.45) is 11.7 Å². The first-order valence-corrected chi connectivity index (χ1v) is 9.36. The van der Waals surface area contributed by atoms with Crippen molar-refractivity contribution in [2.45, 2.75) is 25.8 Å². The van der Waals surface area contributed by atoms with E-state index in [0.717, 1.165) is 5.56 Å². The van der Waals surface area contributed by atoms with Crippen LogP contribution in [0, 0.1) is 24.2 Å². The molecule has 3 rings (SSSR count). The number of aryl methyl sites for hydroxylation is 1. The van der Waals surface area contributed by atoms with E-state index in [9.17, 15) is 14.7 Å². The van der Waals surface area contributed by atoms with E-state index >= 15 is 0 Å². The summed E-state index contributed by atoms with van der Waals surface area (Å²) in [5.74, 6) is -0.00912. The Balaban J connectivity index is 1.69. The fraction of sp³-hybridized carbons (Fsp3) is 0.350. The number of nitrogens with one attached hydrogen (secondary N) is 1. The van der Waals surface area contributed by atoms with E-state index < -0.39 is 5.56 Å². The number of pyridine rings is 1. The molecule has 8 heteroatoms. The second-order valence-electron chi connectivity index (χ2n) is 7.06. The average molecular weight is 401 g/mol. The van der Waals surface area contributed by atoms with Gasteiger partial charge in [-0.05, 0) is 49.4 Å². The first kappa shape index (κ1) is 19.9. The molecule has 4 N–H and O–H groups in total. The number of phenolic OH excluding ortho intramolecular Hbond substituents is 1. The topological polar surface area (TPSA) is 123 Å². The fourth-order valence-electron chi connectivity index (χ4n) is 3.54. The van der Waals surface area contributed by atoms with Crippen molar-refractivity contribution < 1.29 is 9.90 Å². The van der Waals surface area contributed by atoms with Crippen molar-refractivity contribution in [1.82, 2.24) is 9.88 Å². The van der Waals surface area contributed by atoms with Crippen LogP contribution < -0.4 is 11.3 Å². The van der Waals surface area contributed by atoms with Gasteiger partial charge in [0.15, 0.2) is 0 Å². The molecular weight excluding hydrogens is 380 g/mol. The summed E-state index contributed by atoms with van der Waals surface area (Å²) in [6.45, 7) is 2.81. The molecule has 146 valence electrons. The number of aromatic amines is 1. The predicted molar refractivity (Wildman–Crippen MR) is 105 cm³/mol. The van der Waals surface area contributed by atoms with E-state index in [-0.39, 0.29) is 34.7 Å². The Morgan fingerprint density at radius 1 is 1.39 bits per heavy atom. The molecule has 1 aromatic carbocycles. The zero-order chi connectivity index (χ0) is 20.4. The summed E-state index contributed by atoms with van der Waals surface area (Å²) < 4.78 is 0. The van der Waals surface area contributed by atoms with E-state index in [0.29, 0.717) is 36.5 Å². The van der Waals surface area contributed by atoms with Crippen molar-refractivity contribution in [1.29, 1.82) is 5.26 Å². The van der Waals surface area contributed by atoms with E-state index in [2.05, 4.69) is 4.98 Å². The Morgan fingerprint density at radius 3 is 2.71 bits per heavy atom. The number of H-pyrrole nitrogens is 1. The number of hydrogen-bond acceptors (Lipinski definition) is 5. The molecule has 28 heavy (non-hydrogen) atoms. The third kappa shape index (κ3) is 3.88. The molecule has 1 amide bonds. The minimum Gasteiger partial charge on any atom is -0.508 e. The minimum absolute atomic E-state index is 0.0884. The number of hydrogen-bond donors (Lipinski definition) is 3. The molecule has 2 heterocycles. The number of likely N-dealkylation sites (tertiary alicyclic amines) is 1. The van der Waals surface area contributed by atoms with Gasteiger partial charge in [0.2, 0.25) is 0 Å². The van der Waals surface area contributed by atoms with Crippen molar-refractivity contribution in [3.05, 3.63) is 62.0 Å². The Labute approximate surface area is 167 Å². The molecule has 1 aliphatic heterocycles. The zero-order valence-corrected chi connectivity index (χ0v) is 16.2. The summed E-state index contributed by atoms with van der Waals surface area (Å²) in [5, 5.41) is 19.7. The van der Waals surface area contributed by atoms with E-state index in [1.807, 2.05) is 6.92 Å². The van der Waals surface area contributed by atoms with Gasteiger partial charge in [0.25, 0.3) is 11.5 Å². The molecule has 0 spiro atoms. The fourth-order valence-corrected chi connectivity index (χ4v) is 3.71. The zero-order valence-electron chi connectivity index (χ0n) is 15.4. The Hall–Kier alpha value is -2.82. The number of piperidine rings is 1. The van der Waals surface area contributed by atoms with Gasteiger partial charge < -0.3 is 20.7 Å². The number of nitrogens with zero attached hydrogens (tertiary/aromatic N) is 2. The molecule has 1 fully saturated rings. The number of nitriles is 1. The van der Waals surface area contributed by atoms with E-state index in [1.165, 1.54) is 12.3 Å². The number of rotatable bonds is 3. The first-order chi connectivity index (χ1) is 13.3. The number of halogens is 1. The summed E-state index contributed by atoms with van der Waals surface area (Å²) in [4.78, 5) is 28.2. The lowest BCUT2D eigenvalue weighted by molar-refractivity contribution is 0.0677. The van der Waals surface area contributed by atoms with Crippen LogP contribution in [0.15, 0.2) is 29.2 Å². The molecule has 0 bridgehead atoms. The van der Waals surface area contributed by atoms with Crippen LogP contribution in [0.2, 0.25) is 5.02 Å². The second kappa shape index (κ2) is 8.05. The van der Waals surface area contributed by atoms with Crippen LogP contribution in [0.5, 0.6) is 5.75 Å². The van der Waals surface area contributed by atoms with Crippen LogP contribution >= 0.6 is 11.6 Å². The number of aromatic hydroxyl groups is 1. The van der Waals surface area contributed by atoms with E-state index in [4.69, 9.17) is 22.6 Å². The number of benzene rings is 1. The van der Waals surface area contributed by atoms with Gasteiger partial charge in [-0.2, -0.15) is 5.26 Å². The third-order valence-electron chi connectivity index (χ3n) is 5.27. The van der Waals surface area contributed by atoms with Crippen LogP contribution in [-0.4, -0.2) is 34.0 Å². The highest BCUT2D eigenvalue weighted by molar-refractivity contribution is 6.31. The molecule has 1 atom stereocenters. The Morgan fingerprint density at radius 2 is 2.07 bits per heavy atom. The van der Waals surface area contributed by atoms with Gasteiger partial charge in [0.05, 0.1) is 5.56 Å². The number of carbonyl (C=O) groups is 1. The molecule has 1 aliphatic rings. The van der Waals surface area contributed by atoms with Crippen molar-refractivity contribution >= 4 is 17.5 Å². The molecule has 0 radical (unpaired) electrons. The standard InChI is InChI=1S/C20H21ClN4O3/c1-11-6-17(26)15(8-16(11)21)18(23)12-2-4-25(5-3-12)20(28)14-7-13(9-22)19(27)24-10-14/h6-8,10,12,18,26H,2-5,23H2,1H3,(H,24,27)/t18-/m1/s1. The molecule has 1 aromatic heterocycles. The molecule has 7 nitrogen and oxygen atoms in total. The number of carbonyl (C=O) groups excluding carboxylic acids is 1. The maximum Gasteiger partial charge on any atom is 0.265 e. The molecule has 1 saturated heterocycles. The van der Waals surface area contributed by atoms with Crippen LogP contribution in [0.1, 0.15) is 45.9 Å². The van der Waals surface area contributed by atoms with Crippen LogP contribution in [0.4, 0.5) is 0 Å². The van der Waals surface area contributed by atoms with Crippen molar-refractivity contribution in [2.75, 3.05) is 13.1 Å². The normalized spacial score (nSPS) is 15.9. The maximum absolute atomic E-state index is 12.7. The lowest BCUT2D eigenvalue weighted by atomic mass is 9.85. The van der Waals surface area contributed by atoms with Crippen LogP contribution in [0.3, 0.4) is 0 Å². The monoisotopic (exact) mass is 400 g/mol. The van der Waals surface area contributed by atoms with Gasteiger partial charge in [-0.15, -0.1) is 0 Å². The quantitative estimate of drug-likeness (QED) is 0.730.